The minimum atomic E-state index is -0.295. The lowest BCUT2D eigenvalue weighted by Gasteiger charge is -2.12. The molecule has 2 aromatic carbocycles. The molecule has 0 aliphatic rings. The summed E-state index contributed by atoms with van der Waals surface area (Å²) in [5.74, 6) is 0.368. The molecule has 0 heterocycles. The summed E-state index contributed by atoms with van der Waals surface area (Å²) < 4.78 is 5.65. The quantitative estimate of drug-likeness (QED) is 0.857. The molecule has 0 aliphatic carbocycles. The molecule has 1 atom stereocenters. The lowest BCUT2D eigenvalue weighted by Crippen LogP contribution is -2.35. The fourth-order valence-corrected chi connectivity index (χ4v) is 1.98. The van der Waals surface area contributed by atoms with Gasteiger partial charge in [0.1, 0.15) is 12.4 Å². The summed E-state index contributed by atoms with van der Waals surface area (Å²) in [6.07, 6.45) is 0. The molecule has 1 unspecified atom stereocenters. The number of ether oxygens (including phenoxy) is 1. The highest BCUT2D eigenvalue weighted by Gasteiger charge is 2.09. The van der Waals surface area contributed by atoms with Crippen LogP contribution in [-0.4, -0.2) is 23.7 Å². The van der Waals surface area contributed by atoms with Gasteiger partial charge in [-0.3, -0.25) is 4.79 Å². The highest BCUT2D eigenvalue weighted by molar-refractivity contribution is 5.94. The first-order valence-electron chi connectivity index (χ1n) is 7.26. The van der Waals surface area contributed by atoms with Crippen LogP contribution in [0.15, 0.2) is 48.5 Å². The standard InChI is InChI=1S/C18H18N2O3/c1-13(11-21)20-18(22)16-6-2-5-15(8-16)12-23-17-7-3-4-14(9-17)10-19/h2-9,13,21H,11-12H2,1H3,(H,20,22). The number of benzene rings is 2. The topological polar surface area (TPSA) is 82.3 Å². The summed E-state index contributed by atoms with van der Waals surface area (Å²) in [4.78, 5) is 12.0. The molecule has 0 saturated carbocycles. The lowest BCUT2D eigenvalue weighted by atomic mass is 10.1. The van der Waals surface area contributed by atoms with Crippen LogP contribution in [0.5, 0.6) is 5.75 Å². The van der Waals surface area contributed by atoms with E-state index in [4.69, 9.17) is 15.1 Å². The third kappa shape index (κ3) is 4.83. The van der Waals surface area contributed by atoms with Crippen LogP contribution in [0.1, 0.15) is 28.4 Å². The van der Waals surface area contributed by atoms with Gasteiger partial charge in [0.15, 0.2) is 0 Å². The Hall–Kier alpha value is -2.84. The van der Waals surface area contributed by atoms with Crippen LogP contribution in [-0.2, 0) is 6.61 Å². The van der Waals surface area contributed by atoms with Crippen molar-refractivity contribution in [2.45, 2.75) is 19.6 Å². The molecule has 0 bridgehead atoms. The molecular formula is C18H18N2O3. The van der Waals surface area contributed by atoms with Crippen LogP contribution in [0.2, 0.25) is 0 Å². The molecule has 118 valence electrons. The van der Waals surface area contributed by atoms with Crippen molar-refractivity contribution in [1.29, 1.82) is 5.26 Å². The summed E-state index contributed by atoms with van der Waals surface area (Å²) >= 11 is 0. The first kappa shape index (κ1) is 16.5. The Balaban J connectivity index is 2.02. The van der Waals surface area contributed by atoms with Crippen LogP contribution in [0.4, 0.5) is 0 Å². The van der Waals surface area contributed by atoms with Gasteiger partial charge in [0.25, 0.3) is 5.91 Å². The third-order valence-corrected chi connectivity index (χ3v) is 3.21. The number of amides is 1. The number of nitrogens with one attached hydrogen (secondary N) is 1. The molecule has 0 spiro atoms. The monoisotopic (exact) mass is 310 g/mol. The van der Waals surface area contributed by atoms with Gasteiger partial charge in [-0.2, -0.15) is 5.26 Å². The van der Waals surface area contributed by atoms with Gasteiger partial charge in [-0.25, -0.2) is 0 Å². The Labute approximate surface area is 135 Å². The van der Waals surface area contributed by atoms with Crippen LogP contribution in [0.25, 0.3) is 0 Å². The van der Waals surface area contributed by atoms with Gasteiger partial charge in [-0.05, 0) is 42.8 Å². The number of aliphatic hydroxyl groups excluding tert-OH is 1. The molecule has 23 heavy (non-hydrogen) atoms. The predicted octanol–water partition coefficient (Wildman–Crippen LogP) is 2.25. The fraction of sp³-hybridized carbons (Fsp3) is 0.222. The van der Waals surface area contributed by atoms with Gasteiger partial charge in [-0.15, -0.1) is 0 Å². The highest BCUT2D eigenvalue weighted by Crippen LogP contribution is 2.15. The van der Waals surface area contributed by atoms with Gasteiger partial charge < -0.3 is 15.2 Å². The Morgan fingerprint density at radius 2 is 2.09 bits per heavy atom. The molecule has 2 rings (SSSR count). The zero-order chi connectivity index (χ0) is 16.7. The Bertz CT molecular complexity index is 722. The summed E-state index contributed by atoms with van der Waals surface area (Å²) in [7, 11) is 0. The van der Waals surface area contributed by atoms with Crippen molar-refractivity contribution in [3.05, 3.63) is 65.2 Å². The van der Waals surface area contributed by atoms with Gasteiger partial charge in [0.05, 0.1) is 18.2 Å². The molecule has 0 aliphatic heterocycles. The molecule has 5 nitrogen and oxygen atoms in total. The Morgan fingerprint density at radius 1 is 1.30 bits per heavy atom. The number of aliphatic hydroxyl groups is 1. The number of nitriles is 1. The molecule has 2 N–H and O–H groups in total. The van der Waals surface area contributed by atoms with Crippen LogP contribution in [0.3, 0.4) is 0 Å². The predicted molar refractivity (Wildman–Crippen MR) is 85.9 cm³/mol. The van der Waals surface area contributed by atoms with Crippen molar-refractivity contribution in [2.24, 2.45) is 0 Å². The lowest BCUT2D eigenvalue weighted by molar-refractivity contribution is 0.0922. The van der Waals surface area contributed by atoms with Gasteiger partial charge in [0.2, 0.25) is 0 Å². The highest BCUT2D eigenvalue weighted by atomic mass is 16.5. The third-order valence-electron chi connectivity index (χ3n) is 3.21. The normalized spacial score (nSPS) is 11.3. The van der Waals surface area contributed by atoms with E-state index in [0.29, 0.717) is 23.5 Å². The van der Waals surface area contributed by atoms with E-state index in [1.807, 2.05) is 6.07 Å². The SMILES string of the molecule is CC(CO)NC(=O)c1cccc(COc2cccc(C#N)c2)c1. The van der Waals surface area contributed by atoms with E-state index in [0.717, 1.165) is 5.56 Å². The molecule has 0 fully saturated rings. The summed E-state index contributed by atoms with van der Waals surface area (Å²) in [6.45, 7) is 1.92. The number of carbonyl (C=O) groups excluding carboxylic acids is 1. The Kier molecular flexibility index (Phi) is 5.73. The number of nitrogens with zero attached hydrogens (tertiary/aromatic N) is 1. The minimum Gasteiger partial charge on any atom is -0.489 e. The average molecular weight is 310 g/mol. The zero-order valence-corrected chi connectivity index (χ0v) is 12.8. The van der Waals surface area contributed by atoms with E-state index in [2.05, 4.69) is 11.4 Å². The second-order valence-corrected chi connectivity index (χ2v) is 5.19. The van der Waals surface area contributed by atoms with Gasteiger partial charge in [0, 0.05) is 11.6 Å². The van der Waals surface area contributed by atoms with Crippen molar-refractivity contribution in [2.75, 3.05) is 6.61 Å². The summed E-state index contributed by atoms with van der Waals surface area (Å²) in [5, 5.41) is 20.5. The van der Waals surface area contributed by atoms with Crippen LogP contribution in [0, 0.1) is 11.3 Å². The molecule has 0 radical (unpaired) electrons. The van der Waals surface area contributed by atoms with Gasteiger partial charge in [-0.1, -0.05) is 18.2 Å². The van der Waals surface area contributed by atoms with Crippen molar-refractivity contribution in [3.8, 4) is 11.8 Å². The van der Waals surface area contributed by atoms with Gasteiger partial charge >= 0.3 is 0 Å². The van der Waals surface area contributed by atoms with E-state index in [1.54, 1.807) is 49.4 Å². The van der Waals surface area contributed by atoms with E-state index >= 15 is 0 Å². The molecule has 1 amide bonds. The van der Waals surface area contributed by atoms with Crippen molar-refractivity contribution in [3.63, 3.8) is 0 Å². The van der Waals surface area contributed by atoms with Crippen molar-refractivity contribution >= 4 is 5.91 Å². The maximum atomic E-state index is 12.0. The number of rotatable bonds is 6. The summed E-state index contributed by atoms with van der Waals surface area (Å²) in [6, 6.07) is 15.8. The minimum absolute atomic E-state index is 0.107. The molecule has 5 heteroatoms. The number of carbonyl (C=O) groups is 1. The molecule has 2 aromatic rings. The smallest absolute Gasteiger partial charge is 0.251 e. The first-order chi connectivity index (χ1) is 11.1. The van der Waals surface area contributed by atoms with Crippen LogP contribution < -0.4 is 10.1 Å². The molecule has 0 aromatic heterocycles. The van der Waals surface area contributed by atoms with E-state index in [9.17, 15) is 4.79 Å². The fourth-order valence-electron chi connectivity index (χ4n) is 1.98. The van der Waals surface area contributed by atoms with E-state index in [1.165, 1.54) is 0 Å². The maximum absolute atomic E-state index is 12.0. The Morgan fingerprint density at radius 3 is 2.83 bits per heavy atom. The largest absolute Gasteiger partial charge is 0.489 e. The zero-order valence-electron chi connectivity index (χ0n) is 12.8. The maximum Gasteiger partial charge on any atom is 0.251 e. The first-order valence-corrected chi connectivity index (χ1v) is 7.26. The van der Waals surface area contributed by atoms with E-state index in [-0.39, 0.29) is 18.6 Å². The van der Waals surface area contributed by atoms with E-state index < -0.39 is 0 Å². The van der Waals surface area contributed by atoms with Crippen molar-refractivity contribution < 1.29 is 14.6 Å². The second kappa shape index (κ2) is 7.97. The van der Waals surface area contributed by atoms with Crippen molar-refractivity contribution in [1.82, 2.24) is 5.32 Å². The van der Waals surface area contributed by atoms with Crippen LogP contribution >= 0.6 is 0 Å². The number of hydrogen-bond donors (Lipinski definition) is 2. The second-order valence-electron chi connectivity index (χ2n) is 5.19. The molecular weight excluding hydrogens is 292 g/mol. The number of hydrogen-bond acceptors (Lipinski definition) is 4. The summed E-state index contributed by atoms with van der Waals surface area (Å²) in [5.41, 5.74) is 1.89. The average Bonchev–Trinajstić information content (AvgIpc) is 2.60. The molecule has 0 saturated heterocycles.